The minimum Gasteiger partial charge on any atom is -0.385 e. The van der Waals surface area contributed by atoms with Gasteiger partial charge in [-0.3, -0.25) is 4.79 Å². The lowest BCUT2D eigenvalue weighted by atomic mass is 9.67. The molecule has 24 heavy (non-hydrogen) atoms. The number of hydrogen-bond donors (Lipinski definition) is 2. The molecule has 140 valence electrons. The molecule has 0 atom stereocenters. The number of carbonyl (C=O) groups is 1. The molecule has 7 heteroatoms. The molecule has 0 aromatic rings. The average molecular weight is 452 g/mol. The highest BCUT2D eigenvalue weighted by molar-refractivity contribution is 14.0. The Morgan fingerprint density at radius 3 is 2.46 bits per heavy atom. The van der Waals surface area contributed by atoms with Gasteiger partial charge >= 0.3 is 0 Å². The maximum Gasteiger partial charge on any atom is 0.243 e. The van der Waals surface area contributed by atoms with Crippen molar-refractivity contribution in [3.05, 3.63) is 12.2 Å². The number of ether oxygens (including phenoxy) is 1. The number of likely N-dealkylation sites (N-methyl/N-ethyl adjacent to an activating group) is 1. The molecule has 0 spiro atoms. The summed E-state index contributed by atoms with van der Waals surface area (Å²) in [5.41, 5.74) is 1.32. The van der Waals surface area contributed by atoms with E-state index in [2.05, 4.69) is 22.2 Å². The van der Waals surface area contributed by atoms with Crippen LogP contribution >= 0.6 is 24.0 Å². The van der Waals surface area contributed by atoms with Crippen molar-refractivity contribution < 1.29 is 9.53 Å². The van der Waals surface area contributed by atoms with E-state index in [-0.39, 0.29) is 36.4 Å². The largest absolute Gasteiger partial charge is 0.385 e. The summed E-state index contributed by atoms with van der Waals surface area (Å²) in [5, 5.41) is 6.62. The Balaban J connectivity index is 0.00000529. The van der Waals surface area contributed by atoms with Gasteiger partial charge in [0, 0.05) is 40.9 Å². The minimum atomic E-state index is -0.0147. The van der Waals surface area contributed by atoms with E-state index >= 15 is 0 Å². The number of guanidine groups is 1. The van der Waals surface area contributed by atoms with Crippen molar-refractivity contribution in [1.29, 1.82) is 0 Å². The summed E-state index contributed by atoms with van der Waals surface area (Å²) in [6, 6.07) is 0. The van der Waals surface area contributed by atoms with Crippen molar-refractivity contribution in [2.24, 2.45) is 10.4 Å². The van der Waals surface area contributed by atoms with Gasteiger partial charge in [0.15, 0.2) is 5.96 Å². The number of carbonyl (C=O) groups excluding carboxylic acids is 1. The van der Waals surface area contributed by atoms with Gasteiger partial charge in [-0.1, -0.05) is 18.6 Å². The predicted molar refractivity (Wildman–Crippen MR) is 110 cm³/mol. The molecule has 1 aliphatic rings. The van der Waals surface area contributed by atoms with Crippen molar-refractivity contribution in [3.63, 3.8) is 0 Å². The molecule has 1 saturated carbocycles. The SMILES string of the molecule is C=C(C)CNC(=NCC(=O)N(C)C)NCC1(CCOC)CCC1.I. The summed E-state index contributed by atoms with van der Waals surface area (Å²) in [5.74, 6) is 0.658. The Bertz CT molecular complexity index is 434. The van der Waals surface area contributed by atoms with Gasteiger partial charge in [0.1, 0.15) is 6.54 Å². The third-order valence-corrected chi connectivity index (χ3v) is 4.31. The zero-order valence-electron chi connectivity index (χ0n) is 15.5. The molecule has 1 aliphatic carbocycles. The van der Waals surface area contributed by atoms with E-state index < -0.39 is 0 Å². The normalized spacial score (nSPS) is 15.8. The third kappa shape index (κ3) is 8.32. The van der Waals surface area contributed by atoms with Crippen LogP contribution in [0.4, 0.5) is 0 Å². The number of nitrogens with zero attached hydrogens (tertiary/aromatic N) is 2. The lowest BCUT2D eigenvalue weighted by Gasteiger charge is -2.42. The van der Waals surface area contributed by atoms with E-state index in [1.54, 1.807) is 26.1 Å². The summed E-state index contributed by atoms with van der Waals surface area (Å²) >= 11 is 0. The van der Waals surface area contributed by atoms with E-state index in [0.29, 0.717) is 17.9 Å². The number of hydrogen-bond acceptors (Lipinski definition) is 3. The van der Waals surface area contributed by atoms with E-state index in [1.807, 2.05) is 6.92 Å². The van der Waals surface area contributed by atoms with Gasteiger partial charge in [-0.2, -0.15) is 0 Å². The number of halogens is 1. The van der Waals surface area contributed by atoms with Crippen LogP contribution in [-0.4, -0.2) is 64.2 Å². The van der Waals surface area contributed by atoms with E-state index in [1.165, 1.54) is 19.3 Å². The molecule has 0 saturated heterocycles. The van der Waals surface area contributed by atoms with E-state index in [4.69, 9.17) is 4.74 Å². The minimum absolute atomic E-state index is 0. The standard InChI is InChI=1S/C17H32N4O2.HI/c1-14(2)11-18-16(19-12-15(22)21(3)4)20-13-17(7-6-8-17)9-10-23-5;/h1,6-13H2,2-5H3,(H2,18,19,20);1H. The van der Waals surface area contributed by atoms with Crippen LogP contribution in [0, 0.1) is 5.41 Å². The van der Waals surface area contributed by atoms with Crippen LogP contribution in [0.1, 0.15) is 32.6 Å². The molecule has 1 amide bonds. The van der Waals surface area contributed by atoms with Crippen molar-refractivity contribution in [2.45, 2.75) is 32.6 Å². The van der Waals surface area contributed by atoms with Crippen LogP contribution in [0.25, 0.3) is 0 Å². The molecule has 1 fully saturated rings. The molecular weight excluding hydrogens is 419 g/mol. The van der Waals surface area contributed by atoms with Crippen LogP contribution in [-0.2, 0) is 9.53 Å². The quantitative estimate of drug-likeness (QED) is 0.243. The first-order valence-corrected chi connectivity index (χ1v) is 8.24. The smallest absolute Gasteiger partial charge is 0.243 e. The molecule has 2 N–H and O–H groups in total. The molecule has 0 aromatic heterocycles. The molecule has 0 heterocycles. The summed E-state index contributed by atoms with van der Waals surface area (Å²) in [6.07, 6.45) is 4.76. The summed E-state index contributed by atoms with van der Waals surface area (Å²) in [4.78, 5) is 17.7. The van der Waals surface area contributed by atoms with Gasteiger partial charge in [-0.05, 0) is 31.6 Å². The zero-order valence-corrected chi connectivity index (χ0v) is 17.8. The Morgan fingerprint density at radius 2 is 2.00 bits per heavy atom. The van der Waals surface area contributed by atoms with Crippen LogP contribution < -0.4 is 10.6 Å². The maximum absolute atomic E-state index is 11.7. The first-order valence-electron chi connectivity index (χ1n) is 8.24. The van der Waals surface area contributed by atoms with Gasteiger partial charge in [0.25, 0.3) is 0 Å². The predicted octanol–water partition coefficient (Wildman–Crippen LogP) is 2.01. The molecule has 1 rings (SSSR count). The highest BCUT2D eigenvalue weighted by Crippen LogP contribution is 2.43. The lowest BCUT2D eigenvalue weighted by Crippen LogP contribution is -2.47. The van der Waals surface area contributed by atoms with Gasteiger partial charge in [0.05, 0.1) is 0 Å². The fraction of sp³-hybridized carbons (Fsp3) is 0.765. The molecule has 0 aliphatic heterocycles. The van der Waals surface area contributed by atoms with E-state index in [0.717, 1.165) is 25.1 Å². The zero-order chi connectivity index (χ0) is 17.3. The fourth-order valence-corrected chi connectivity index (χ4v) is 2.48. The van der Waals surface area contributed by atoms with Crippen molar-refractivity contribution in [3.8, 4) is 0 Å². The highest BCUT2D eigenvalue weighted by Gasteiger charge is 2.36. The average Bonchev–Trinajstić information content (AvgIpc) is 2.46. The Kier molecular flexibility index (Phi) is 11.3. The summed E-state index contributed by atoms with van der Waals surface area (Å²) in [6.45, 7) is 8.28. The van der Waals surface area contributed by atoms with Crippen molar-refractivity contribution in [2.75, 3.05) is 47.4 Å². The Morgan fingerprint density at radius 1 is 1.33 bits per heavy atom. The number of amides is 1. The Hall–Kier alpha value is -0.830. The Labute approximate surface area is 163 Å². The first-order chi connectivity index (χ1) is 10.9. The van der Waals surface area contributed by atoms with Gasteiger partial charge in [0.2, 0.25) is 5.91 Å². The number of methoxy groups -OCH3 is 1. The van der Waals surface area contributed by atoms with Crippen molar-refractivity contribution in [1.82, 2.24) is 15.5 Å². The van der Waals surface area contributed by atoms with Crippen LogP contribution in [0.2, 0.25) is 0 Å². The fourth-order valence-electron chi connectivity index (χ4n) is 2.48. The molecule has 6 nitrogen and oxygen atoms in total. The van der Waals surface area contributed by atoms with E-state index in [9.17, 15) is 4.79 Å². The molecule has 0 aromatic carbocycles. The number of nitrogens with one attached hydrogen (secondary N) is 2. The second-order valence-corrected chi connectivity index (χ2v) is 6.71. The third-order valence-electron chi connectivity index (χ3n) is 4.31. The monoisotopic (exact) mass is 452 g/mol. The highest BCUT2D eigenvalue weighted by atomic mass is 127. The molecule has 0 radical (unpaired) electrons. The van der Waals surface area contributed by atoms with Crippen LogP contribution in [0.15, 0.2) is 17.1 Å². The van der Waals surface area contributed by atoms with Crippen LogP contribution in [0.3, 0.4) is 0 Å². The maximum atomic E-state index is 11.7. The lowest BCUT2D eigenvalue weighted by molar-refractivity contribution is -0.127. The second-order valence-electron chi connectivity index (χ2n) is 6.71. The molecular formula is C17H33IN4O2. The van der Waals surface area contributed by atoms with Gasteiger partial charge in [-0.15, -0.1) is 24.0 Å². The first kappa shape index (κ1) is 23.2. The molecule has 0 unspecified atom stereocenters. The second kappa shape index (κ2) is 11.7. The summed E-state index contributed by atoms with van der Waals surface area (Å²) in [7, 11) is 5.22. The van der Waals surface area contributed by atoms with Crippen LogP contribution in [0.5, 0.6) is 0 Å². The topological polar surface area (TPSA) is 66.0 Å². The number of aliphatic imine (C=N–C) groups is 1. The summed E-state index contributed by atoms with van der Waals surface area (Å²) < 4.78 is 5.23. The van der Waals surface area contributed by atoms with Gasteiger partial charge < -0.3 is 20.3 Å². The van der Waals surface area contributed by atoms with Gasteiger partial charge in [-0.25, -0.2) is 4.99 Å². The number of rotatable bonds is 9. The van der Waals surface area contributed by atoms with Crippen molar-refractivity contribution >= 4 is 35.8 Å². The molecule has 0 bridgehead atoms.